The van der Waals surface area contributed by atoms with E-state index in [1.54, 1.807) is 0 Å². The Morgan fingerprint density at radius 2 is 2.07 bits per heavy atom. The minimum absolute atomic E-state index is 0.414. The smallest absolute Gasteiger partial charge is 0.153 e. The van der Waals surface area contributed by atoms with Crippen LogP contribution >= 0.6 is 0 Å². The van der Waals surface area contributed by atoms with E-state index in [9.17, 15) is 0 Å². The second-order valence-electron chi connectivity index (χ2n) is 8.49. The lowest BCUT2D eigenvalue weighted by molar-refractivity contribution is 0.316. The van der Waals surface area contributed by atoms with Crippen LogP contribution in [0.25, 0.3) is 10.9 Å². The number of hydrogen-bond acceptors (Lipinski definition) is 7. The molecular formula is C22H26N8. The second kappa shape index (κ2) is 7.92. The summed E-state index contributed by atoms with van der Waals surface area (Å²) < 4.78 is 0. The van der Waals surface area contributed by atoms with Gasteiger partial charge < -0.3 is 15.5 Å². The van der Waals surface area contributed by atoms with Gasteiger partial charge in [-0.25, -0.2) is 4.98 Å². The molecule has 3 N–H and O–H groups in total. The van der Waals surface area contributed by atoms with Gasteiger partial charge in [0, 0.05) is 61.5 Å². The molecule has 0 radical (unpaired) electrons. The molecule has 0 amide bonds. The van der Waals surface area contributed by atoms with Crippen LogP contribution in [0.3, 0.4) is 0 Å². The molecule has 0 aromatic carbocycles. The maximum Gasteiger partial charge on any atom is 0.153 e. The number of pyridine rings is 2. The summed E-state index contributed by atoms with van der Waals surface area (Å²) in [4.78, 5) is 11.8. The molecule has 8 nitrogen and oxygen atoms in total. The van der Waals surface area contributed by atoms with Gasteiger partial charge in [-0.05, 0) is 43.7 Å². The molecule has 1 saturated carbocycles. The van der Waals surface area contributed by atoms with Crippen LogP contribution < -0.4 is 10.6 Å². The normalized spacial score (nSPS) is 23.4. The minimum atomic E-state index is 0.414. The molecule has 0 spiro atoms. The Hall–Kier alpha value is -3.18. The topological polar surface area (TPSA) is 106 Å². The maximum atomic E-state index is 8.83. The first-order valence-corrected chi connectivity index (χ1v) is 10.6. The van der Waals surface area contributed by atoms with Crippen molar-refractivity contribution in [2.75, 3.05) is 30.3 Å². The number of aryl methyl sites for hydroxylation is 1. The Balaban J connectivity index is 1.33. The van der Waals surface area contributed by atoms with Crippen molar-refractivity contribution < 1.29 is 0 Å². The zero-order valence-electron chi connectivity index (χ0n) is 17.1. The fraction of sp³-hybridized carbons (Fsp3) is 0.455. The lowest BCUT2D eigenvalue weighted by atomic mass is 10.0. The van der Waals surface area contributed by atoms with Crippen molar-refractivity contribution in [3.63, 3.8) is 0 Å². The van der Waals surface area contributed by atoms with Crippen LogP contribution in [0.15, 0.2) is 30.5 Å². The summed E-state index contributed by atoms with van der Waals surface area (Å²) in [6.07, 6.45) is 4.73. The van der Waals surface area contributed by atoms with Crippen molar-refractivity contribution in [2.45, 2.75) is 32.2 Å². The highest BCUT2D eigenvalue weighted by Crippen LogP contribution is 2.39. The number of likely N-dealkylation sites (tertiary alicyclic amines) is 1. The van der Waals surface area contributed by atoms with E-state index >= 15 is 0 Å². The Labute approximate surface area is 175 Å². The number of fused-ring (bicyclic) bond motifs is 2. The van der Waals surface area contributed by atoms with Gasteiger partial charge in [0.25, 0.3) is 0 Å². The van der Waals surface area contributed by atoms with Gasteiger partial charge in [-0.1, -0.05) is 0 Å². The average molecular weight is 403 g/mol. The first-order valence-electron chi connectivity index (χ1n) is 10.6. The van der Waals surface area contributed by atoms with Crippen LogP contribution in [0.1, 0.15) is 25.0 Å². The van der Waals surface area contributed by atoms with Gasteiger partial charge in [-0.3, -0.25) is 10.1 Å². The van der Waals surface area contributed by atoms with E-state index in [-0.39, 0.29) is 0 Å². The number of rotatable bonds is 6. The molecule has 3 aromatic heterocycles. The molecule has 5 rings (SSSR count). The van der Waals surface area contributed by atoms with Crippen LogP contribution in [0.5, 0.6) is 0 Å². The number of nitrogens with zero attached hydrogens (tertiary/aromatic N) is 5. The number of aromatic amines is 1. The molecule has 1 aliphatic heterocycles. The predicted molar refractivity (Wildman–Crippen MR) is 116 cm³/mol. The van der Waals surface area contributed by atoms with Gasteiger partial charge in [0.05, 0.1) is 11.6 Å². The van der Waals surface area contributed by atoms with Crippen molar-refractivity contribution in [1.29, 1.82) is 5.26 Å². The summed E-state index contributed by atoms with van der Waals surface area (Å²) in [6.45, 7) is 5.10. The van der Waals surface area contributed by atoms with Gasteiger partial charge in [0.1, 0.15) is 11.6 Å². The summed E-state index contributed by atoms with van der Waals surface area (Å²) in [5.74, 6) is 3.77. The Morgan fingerprint density at radius 3 is 2.80 bits per heavy atom. The Morgan fingerprint density at radius 1 is 1.23 bits per heavy atom. The first-order chi connectivity index (χ1) is 14.7. The van der Waals surface area contributed by atoms with Crippen LogP contribution in [0, 0.1) is 30.1 Å². The Kier molecular flexibility index (Phi) is 4.97. The summed E-state index contributed by atoms with van der Waals surface area (Å²) >= 11 is 0. The highest BCUT2D eigenvalue weighted by atomic mass is 15.2. The van der Waals surface area contributed by atoms with Crippen molar-refractivity contribution in [1.82, 2.24) is 25.1 Å². The Bertz CT molecular complexity index is 1070. The second-order valence-corrected chi connectivity index (χ2v) is 8.49. The first kappa shape index (κ1) is 18.8. The molecule has 0 unspecified atom stereocenters. The average Bonchev–Trinajstić information content (AvgIpc) is 3.41. The zero-order valence-corrected chi connectivity index (χ0v) is 17.1. The SMILES string of the molecule is Cc1cc(Nc2cc3ncccc3c(N[C@@H]3C[C@@H]4CN(CCC#N)C[C@@H]4C3)n2)n[nH]1. The summed E-state index contributed by atoms with van der Waals surface area (Å²) in [6, 6.07) is 10.6. The van der Waals surface area contributed by atoms with Gasteiger partial charge in [-0.2, -0.15) is 10.4 Å². The molecular weight excluding hydrogens is 376 g/mol. The van der Waals surface area contributed by atoms with Crippen LogP contribution in [-0.4, -0.2) is 50.7 Å². The highest BCUT2D eigenvalue weighted by molar-refractivity contribution is 5.91. The summed E-state index contributed by atoms with van der Waals surface area (Å²) in [7, 11) is 0. The van der Waals surface area contributed by atoms with Crippen molar-refractivity contribution in [3.05, 3.63) is 36.2 Å². The van der Waals surface area contributed by atoms with Crippen LogP contribution in [0.2, 0.25) is 0 Å². The van der Waals surface area contributed by atoms with Crippen molar-refractivity contribution >= 4 is 28.4 Å². The quantitative estimate of drug-likeness (QED) is 0.580. The lowest BCUT2D eigenvalue weighted by Crippen LogP contribution is -2.26. The standard InChI is InChI=1S/C22H26N8/c1-14-8-21(29-28-14)26-20-11-19-18(4-2-6-24-19)22(27-20)25-17-9-15-12-30(7-3-5-23)13-16(15)10-17/h2,4,6,8,11,15-17H,3,7,9-10,12-13H2,1H3,(H3,25,26,27,28,29)/t15-,16+,17-. The molecule has 2 fully saturated rings. The van der Waals surface area contributed by atoms with E-state index in [0.29, 0.717) is 24.3 Å². The van der Waals surface area contributed by atoms with E-state index in [0.717, 1.165) is 66.5 Å². The third-order valence-corrected chi connectivity index (χ3v) is 6.27. The van der Waals surface area contributed by atoms with Gasteiger partial charge >= 0.3 is 0 Å². The number of nitriles is 1. The van der Waals surface area contributed by atoms with Crippen molar-refractivity contribution in [2.24, 2.45) is 11.8 Å². The van der Waals surface area contributed by atoms with E-state index in [1.165, 1.54) is 0 Å². The molecule has 154 valence electrons. The third kappa shape index (κ3) is 3.81. The van der Waals surface area contributed by atoms with E-state index < -0.39 is 0 Å². The molecule has 0 bridgehead atoms. The third-order valence-electron chi connectivity index (χ3n) is 6.27. The zero-order chi connectivity index (χ0) is 20.5. The number of anilines is 3. The number of hydrogen-bond donors (Lipinski definition) is 3. The minimum Gasteiger partial charge on any atom is -0.367 e. The number of H-pyrrole nitrogens is 1. The van der Waals surface area contributed by atoms with Gasteiger partial charge in [0.15, 0.2) is 5.82 Å². The van der Waals surface area contributed by atoms with E-state index in [2.05, 4.69) is 42.9 Å². The summed E-state index contributed by atoms with van der Waals surface area (Å²) in [5.41, 5.74) is 1.90. The lowest BCUT2D eigenvalue weighted by Gasteiger charge is -2.20. The summed E-state index contributed by atoms with van der Waals surface area (Å²) in [5, 5.41) is 24.1. The monoisotopic (exact) mass is 402 g/mol. The highest BCUT2D eigenvalue weighted by Gasteiger charge is 2.40. The fourth-order valence-corrected chi connectivity index (χ4v) is 4.96. The maximum absolute atomic E-state index is 8.83. The fourth-order valence-electron chi connectivity index (χ4n) is 4.96. The molecule has 8 heteroatoms. The molecule has 3 atom stereocenters. The number of nitrogens with one attached hydrogen (secondary N) is 3. The van der Waals surface area contributed by atoms with Gasteiger partial charge in [0.2, 0.25) is 0 Å². The molecule has 1 aliphatic carbocycles. The van der Waals surface area contributed by atoms with E-state index in [1.807, 2.05) is 31.3 Å². The predicted octanol–water partition coefficient (Wildman–Crippen LogP) is 3.44. The molecule has 3 aromatic rings. The van der Waals surface area contributed by atoms with Crippen LogP contribution in [0.4, 0.5) is 17.5 Å². The van der Waals surface area contributed by atoms with Crippen molar-refractivity contribution in [3.8, 4) is 6.07 Å². The number of aromatic nitrogens is 4. The molecule has 30 heavy (non-hydrogen) atoms. The van der Waals surface area contributed by atoms with E-state index in [4.69, 9.17) is 10.2 Å². The van der Waals surface area contributed by atoms with Crippen LogP contribution in [-0.2, 0) is 0 Å². The molecule has 1 saturated heterocycles. The van der Waals surface area contributed by atoms with Gasteiger partial charge in [-0.15, -0.1) is 0 Å². The molecule has 2 aliphatic rings. The molecule has 4 heterocycles. The largest absolute Gasteiger partial charge is 0.367 e.